The number of imidazole rings is 1. The molecule has 2 aromatic heterocycles. The highest BCUT2D eigenvalue weighted by molar-refractivity contribution is 6.01. The molecule has 0 aliphatic heterocycles. The van der Waals surface area contributed by atoms with Gasteiger partial charge in [-0.2, -0.15) is 5.10 Å². The minimum Gasteiger partial charge on any atom is -0.338 e. The van der Waals surface area contributed by atoms with Crippen molar-refractivity contribution in [2.75, 3.05) is 5.32 Å². The molecule has 5 rings (SSSR count). The summed E-state index contributed by atoms with van der Waals surface area (Å²) in [5, 5.41) is 10.1. The van der Waals surface area contributed by atoms with E-state index in [4.69, 9.17) is 0 Å². The maximum absolute atomic E-state index is 14.0. The highest BCUT2D eigenvalue weighted by Crippen LogP contribution is 2.30. The number of amides is 2. The molecule has 196 valence electrons. The second-order valence-corrected chi connectivity index (χ2v) is 9.45. The van der Waals surface area contributed by atoms with Crippen LogP contribution in [0.2, 0.25) is 0 Å². The van der Waals surface area contributed by atoms with Gasteiger partial charge in [0.15, 0.2) is 0 Å². The summed E-state index contributed by atoms with van der Waals surface area (Å²) < 4.78 is 3.46. The fourth-order valence-corrected chi connectivity index (χ4v) is 4.90. The topological polar surface area (TPSA) is 93.8 Å². The molecule has 0 aliphatic carbocycles. The molecule has 0 spiro atoms. The first-order valence-corrected chi connectivity index (χ1v) is 12.7. The van der Waals surface area contributed by atoms with Crippen molar-refractivity contribution in [3.8, 4) is 11.3 Å². The van der Waals surface area contributed by atoms with Crippen molar-refractivity contribution in [1.82, 2.24) is 24.6 Å². The lowest BCUT2D eigenvalue weighted by atomic mass is 9.84. The van der Waals surface area contributed by atoms with E-state index >= 15 is 0 Å². The zero-order chi connectivity index (χ0) is 27.4. The number of aryl methyl sites for hydroxylation is 3. The van der Waals surface area contributed by atoms with Gasteiger partial charge in [0.05, 0.1) is 17.7 Å². The van der Waals surface area contributed by atoms with Crippen molar-refractivity contribution < 1.29 is 9.59 Å². The monoisotopic (exact) mass is 518 g/mol. The number of anilines is 1. The van der Waals surface area contributed by atoms with Crippen molar-refractivity contribution in [3.63, 3.8) is 0 Å². The van der Waals surface area contributed by atoms with E-state index in [-0.39, 0.29) is 11.8 Å². The van der Waals surface area contributed by atoms with Gasteiger partial charge in [-0.25, -0.2) is 4.98 Å². The Labute approximate surface area is 227 Å². The molecule has 39 heavy (non-hydrogen) atoms. The predicted molar refractivity (Wildman–Crippen MR) is 151 cm³/mol. The predicted octanol–water partition coefficient (Wildman–Crippen LogP) is 4.70. The minimum atomic E-state index is -0.906. The lowest BCUT2D eigenvalue weighted by molar-refractivity contribution is -0.118. The van der Waals surface area contributed by atoms with Crippen molar-refractivity contribution >= 4 is 17.5 Å². The summed E-state index contributed by atoms with van der Waals surface area (Å²) in [6.45, 7) is 1.97. The fraction of sp³-hybridized carbons (Fsp3) is 0.161. The SMILES string of the molecule is Cc1ncn(C)c1-c1ccc(NC(=O)C(NC(=O)c2ccnn2C)C(c2ccccc2)c2ccccc2)cc1. The minimum absolute atomic E-state index is 0.326. The Morgan fingerprint density at radius 3 is 1.95 bits per heavy atom. The molecule has 0 aliphatic rings. The van der Waals surface area contributed by atoms with Crippen LogP contribution in [0.1, 0.15) is 33.2 Å². The van der Waals surface area contributed by atoms with Crippen LogP contribution in [0.15, 0.2) is 104 Å². The largest absolute Gasteiger partial charge is 0.338 e. The van der Waals surface area contributed by atoms with E-state index in [0.29, 0.717) is 11.4 Å². The van der Waals surface area contributed by atoms with Crippen LogP contribution in [0.4, 0.5) is 5.69 Å². The molecule has 0 saturated carbocycles. The number of carbonyl (C=O) groups is 2. The third-order valence-corrected chi connectivity index (χ3v) is 6.82. The van der Waals surface area contributed by atoms with Gasteiger partial charge in [0, 0.05) is 37.5 Å². The van der Waals surface area contributed by atoms with Crippen LogP contribution in [0.25, 0.3) is 11.3 Å². The number of hydrogen-bond acceptors (Lipinski definition) is 4. The highest BCUT2D eigenvalue weighted by Gasteiger charge is 2.33. The maximum atomic E-state index is 14.0. The highest BCUT2D eigenvalue weighted by atomic mass is 16.2. The number of nitrogens with zero attached hydrogens (tertiary/aromatic N) is 4. The molecule has 2 amide bonds. The van der Waals surface area contributed by atoms with Crippen LogP contribution >= 0.6 is 0 Å². The zero-order valence-corrected chi connectivity index (χ0v) is 22.1. The van der Waals surface area contributed by atoms with Crippen molar-refractivity contribution in [1.29, 1.82) is 0 Å². The summed E-state index contributed by atoms with van der Waals surface area (Å²) in [5.41, 5.74) is 5.76. The molecule has 2 N–H and O–H groups in total. The second-order valence-electron chi connectivity index (χ2n) is 9.45. The Morgan fingerprint density at radius 2 is 1.44 bits per heavy atom. The van der Waals surface area contributed by atoms with Gasteiger partial charge in [0.2, 0.25) is 5.91 Å². The average Bonchev–Trinajstić information content (AvgIpc) is 3.54. The molecule has 5 aromatic rings. The van der Waals surface area contributed by atoms with Crippen molar-refractivity contribution in [2.45, 2.75) is 18.9 Å². The Hall–Kier alpha value is -4.98. The van der Waals surface area contributed by atoms with Crippen LogP contribution in [0.5, 0.6) is 0 Å². The van der Waals surface area contributed by atoms with Gasteiger partial charge in [-0.05, 0) is 36.2 Å². The van der Waals surface area contributed by atoms with E-state index in [1.54, 1.807) is 25.6 Å². The molecular formula is C31H30N6O2. The number of hydrogen-bond donors (Lipinski definition) is 2. The van der Waals surface area contributed by atoms with E-state index in [0.717, 1.165) is 28.1 Å². The van der Waals surface area contributed by atoms with Crippen LogP contribution in [-0.2, 0) is 18.9 Å². The summed E-state index contributed by atoms with van der Waals surface area (Å²) in [6, 6.07) is 27.8. The van der Waals surface area contributed by atoms with Crippen LogP contribution in [0, 0.1) is 6.92 Å². The molecule has 1 atom stereocenters. The zero-order valence-electron chi connectivity index (χ0n) is 22.1. The lowest BCUT2D eigenvalue weighted by Gasteiger charge is -2.28. The van der Waals surface area contributed by atoms with Gasteiger partial charge in [-0.1, -0.05) is 72.8 Å². The summed E-state index contributed by atoms with van der Waals surface area (Å²) in [6.07, 6.45) is 3.34. The molecular weight excluding hydrogens is 488 g/mol. The first-order valence-electron chi connectivity index (χ1n) is 12.7. The van der Waals surface area contributed by atoms with E-state index in [1.807, 2.05) is 103 Å². The molecule has 0 saturated heterocycles. The van der Waals surface area contributed by atoms with Crippen molar-refractivity contribution in [3.05, 3.63) is 126 Å². The quantitative estimate of drug-likeness (QED) is 0.311. The molecule has 3 aromatic carbocycles. The van der Waals surface area contributed by atoms with Crippen molar-refractivity contribution in [2.24, 2.45) is 14.1 Å². The molecule has 8 heteroatoms. The third-order valence-electron chi connectivity index (χ3n) is 6.82. The number of benzene rings is 3. The summed E-state index contributed by atoms with van der Waals surface area (Å²) in [7, 11) is 3.65. The number of aromatic nitrogens is 4. The number of rotatable bonds is 8. The third kappa shape index (κ3) is 5.50. The lowest BCUT2D eigenvalue weighted by Crippen LogP contribution is -2.48. The fourth-order valence-electron chi connectivity index (χ4n) is 4.90. The van der Waals surface area contributed by atoms with Gasteiger partial charge < -0.3 is 15.2 Å². The maximum Gasteiger partial charge on any atom is 0.270 e. The van der Waals surface area contributed by atoms with E-state index in [9.17, 15) is 9.59 Å². The van der Waals surface area contributed by atoms with E-state index in [1.165, 1.54) is 4.68 Å². The van der Waals surface area contributed by atoms with E-state index < -0.39 is 12.0 Å². The summed E-state index contributed by atoms with van der Waals surface area (Å²) >= 11 is 0. The Morgan fingerprint density at radius 1 is 0.821 bits per heavy atom. The van der Waals surface area contributed by atoms with Gasteiger partial charge in [0.1, 0.15) is 11.7 Å². The molecule has 8 nitrogen and oxygen atoms in total. The first kappa shape index (κ1) is 25.7. The van der Waals surface area contributed by atoms with Crippen LogP contribution < -0.4 is 10.6 Å². The molecule has 0 bridgehead atoms. The Bertz CT molecular complexity index is 1510. The molecule has 0 radical (unpaired) electrons. The van der Waals surface area contributed by atoms with Crippen LogP contribution in [-0.4, -0.2) is 37.2 Å². The van der Waals surface area contributed by atoms with Gasteiger partial charge in [0.25, 0.3) is 5.91 Å². The second kappa shape index (κ2) is 11.2. The van der Waals surface area contributed by atoms with Gasteiger partial charge in [-0.3, -0.25) is 14.3 Å². The Kier molecular flexibility index (Phi) is 7.36. The number of nitrogens with one attached hydrogen (secondary N) is 2. The standard InChI is InChI=1S/C31H30N6O2/c1-21-29(36(2)20-32-21)24-14-16-25(17-15-24)34-31(39)28(35-30(38)26-18-19-33-37(26)3)27(22-10-6-4-7-11-22)23-12-8-5-9-13-23/h4-20,27-28H,1-3H3,(H,34,39)(H,35,38). The number of carbonyl (C=O) groups excluding carboxylic acids is 2. The van der Waals surface area contributed by atoms with Crippen LogP contribution in [0.3, 0.4) is 0 Å². The molecule has 1 unspecified atom stereocenters. The van der Waals surface area contributed by atoms with E-state index in [2.05, 4.69) is 20.7 Å². The first-order chi connectivity index (χ1) is 18.9. The normalized spacial score (nSPS) is 11.8. The molecule has 2 heterocycles. The molecule has 0 fully saturated rings. The summed E-state index contributed by atoms with van der Waals surface area (Å²) in [4.78, 5) is 31.7. The average molecular weight is 519 g/mol. The van der Waals surface area contributed by atoms with Gasteiger partial charge >= 0.3 is 0 Å². The smallest absolute Gasteiger partial charge is 0.270 e. The summed E-state index contributed by atoms with van der Waals surface area (Å²) in [5.74, 6) is -1.14. The Balaban J connectivity index is 1.49. The van der Waals surface area contributed by atoms with Gasteiger partial charge in [-0.15, -0.1) is 0 Å².